The van der Waals surface area contributed by atoms with Crippen molar-refractivity contribution in [3.8, 4) is 0 Å². The summed E-state index contributed by atoms with van der Waals surface area (Å²) in [4.78, 5) is 16.1. The van der Waals surface area contributed by atoms with Gasteiger partial charge in [-0.3, -0.25) is 4.79 Å². The van der Waals surface area contributed by atoms with E-state index in [4.69, 9.17) is 5.73 Å². The number of nitrogen functional groups attached to an aromatic ring is 1. The molecule has 2 aromatic rings. The molecule has 1 amide bonds. The molecule has 3 N–H and O–H groups in total. The molecule has 0 bridgehead atoms. The highest BCUT2D eigenvalue weighted by molar-refractivity contribution is 5.98. The molecule has 6 heteroatoms. The number of amides is 1. The number of nitrogens with one attached hydrogen (secondary N) is 1. The van der Waals surface area contributed by atoms with Crippen molar-refractivity contribution in [2.75, 3.05) is 5.73 Å². The number of hydrogen-bond donors (Lipinski definition) is 2. The molecule has 0 aliphatic carbocycles. The maximum absolute atomic E-state index is 13.2. The number of benzene rings is 1. The first kappa shape index (κ1) is 14.9. The van der Waals surface area contributed by atoms with E-state index in [0.717, 1.165) is 17.7 Å². The number of halogens is 2. The number of carbonyl (C=O) groups is 1. The van der Waals surface area contributed by atoms with Crippen molar-refractivity contribution < 1.29 is 13.6 Å². The summed E-state index contributed by atoms with van der Waals surface area (Å²) in [6.07, 6.45) is 1.56. The molecular weight excluding hydrogens is 276 g/mol. The maximum Gasteiger partial charge on any atom is 0.255 e. The van der Waals surface area contributed by atoms with E-state index in [1.54, 1.807) is 26.1 Å². The summed E-state index contributed by atoms with van der Waals surface area (Å²) in [5.74, 6) is -2.17. The average Bonchev–Trinajstić information content (AvgIpc) is 2.44. The number of anilines is 1. The molecule has 1 heterocycles. The Morgan fingerprint density at radius 3 is 2.67 bits per heavy atom. The van der Waals surface area contributed by atoms with E-state index in [-0.39, 0.29) is 11.4 Å². The van der Waals surface area contributed by atoms with E-state index in [1.807, 2.05) is 0 Å². The first-order valence-electron chi connectivity index (χ1n) is 6.36. The van der Waals surface area contributed by atoms with Crippen LogP contribution < -0.4 is 11.1 Å². The second-order valence-electron chi connectivity index (χ2n) is 4.81. The molecule has 0 saturated carbocycles. The number of nitrogens with two attached hydrogens (primary N) is 1. The number of pyridine rings is 1. The lowest BCUT2D eigenvalue weighted by molar-refractivity contribution is 0.0940. The molecule has 110 valence electrons. The minimum absolute atomic E-state index is 0.121. The fourth-order valence-electron chi connectivity index (χ4n) is 1.90. The van der Waals surface area contributed by atoms with Crippen LogP contribution in [0.15, 0.2) is 30.5 Å². The predicted molar refractivity (Wildman–Crippen MR) is 75.6 cm³/mol. The van der Waals surface area contributed by atoms with Gasteiger partial charge in [0.25, 0.3) is 5.91 Å². The van der Waals surface area contributed by atoms with Gasteiger partial charge in [0.1, 0.15) is 5.82 Å². The topological polar surface area (TPSA) is 68.0 Å². The number of hydrogen-bond acceptors (Lipinski definition) is 3. The van der Waals surface area contributed by atoms with Crippen LogP contribution in [0.25, 0.3) is 0 Å². The molecule has 4 nitrogen and oxygen atoms in total. The smallest absolute Gasteiger partial charge is 0.255 e. The SMILES string of the molecule is Cc1cnc(N)c(C(=O)N[C@@H](C)c2ccc(F)c(F)c2)c1. The zero-order valence-electron chi connectivity index (χ0n) is 11.7. The fraction of sp³-hybridized carbons (Fsp3) is 0.200. The van der Waals surface area contributed by atoms with E-state index in [1.165, 1.54) is 6.07 Å². The van der Waals surface area contributed by atoms with E-state index < -0.39 is 23.6 Å². The molecular formula is C15H15F2N3O. The molecule has 1 aromatic heterocycles. The Balaban J connectivity index is 2.18. The van der Waals surface area contributed by atoms with Gasteiger partial charge >= 0.3 is 0 Å². The lowest BCUT2D eigenvalue weighted by atomic mass is 10.1. The van der Waals surface area contributed by atoms with Crippen molar-refractivity contribution in [3.05, 3.63) is 58.8 Å². The lowest BCUT2D eigenvalue weighted by Crippen LogP contribution is -2.27. The first-order valence-corrected chi connectivity index (χ1v) is 6.36. The number of carbonyl (C=O) groups excluding carboxylic acids is 1. The largest absolute Gasteiger partial charge is 0.383 e. The van der Waals surface area contributed by atoms with E-state index >= 15 is 0 Å². The molecule has 0 spiro atoms. The van der Waals surface area contributed by atoms with Crippen LogP contribution in [0.2, 0.25) is 0 Å². The summed E-state index contributed by atoms with van der Waals surface area (Å²) in [5.41, 5.74) is 7.18. The Bertz CT molecular complexity index is 689. The van der Waals surface area contributed by atoms with Crippen molar-refractivity contribution in [2.45, 2.75) is 19.9 Å². The van der Waals surface area contributed by atoms with E-state index in [9.17, 15) is 13.6 Å². The lowest BCUT2D eigenvalue weighted by Gasteiger charge is -2.15. The van der Waals surface area contributed by atoms with Gasteiger partial charge in [-0.05, 0) is 43.2 Å². The highest BCUT2D eigenvalue weighted by Crippen LogP contribution is 2.17. The molecule has 1 aromatic carbocycles. The van der Waals surface area contributed by atoms with Crippen LogP contribution in [0, 0.1) is 18.6 Å². The first-order chi connectivity index (χ1) is 9.88. The van der Waals surface area contributed by atoms with Crippen LogP contribution in [0.5, 0.6) is 0 Å². The monoisotopic (exact) mass is 291 g/mol. The minimum atomic E-state index is -0.953. The number of nitrogens with zero attached hydrogens (tertiary/aromatic N) is 1. The van der Waals surface area contributed by atoms with Gasteiger partial charge in [0.2, 0.25) is 0 Å². The number of aromatic nitrogens is 1. The summed E-state index contributed by atoms with van der Waals surface area (Å²) < 4.78 is 26.1. The third-order valence-corrected chi connectivity index (χ3v) is 3.09. The van der Waals surface area contributed by atoms with Crippen molar-refractivity contribution in [1.29, 1.82) is 0 Å². The Labute approximate surface area is 121 Å². The molecule has 1 atom stereocenters. The predicted octanol–water partition coefficient (Wildman–Crippen LogP) is 2.74. The van der Waals surface area contributed by atoms with Gasteiger partial charge in [0.15, 0.2) is 11.6 Å². The molecule has 0 unspecified atom stereocenters. The molecule has 0 aliphatic heterocycles. The van der Waals surface area contributed by atoms with Crippen LogP contribution in [0.1, 0.15) is 34.5 Å². The van der Waals surface area contributed by atoms with Crippen LogP contribution in [-0.4, -0.2) is 10.9 Å². The molecule has 0 aliphatic rings. The summed E-state index contributed by atoms with van der Waals surface area (Å²) in [5, 5.41) is 2.68. The maximum atomic E-state index is 13.2. The number of rotatable bonds is 3. The van der Waals surface area contributed by atoms with Gasteiger partial charge in [-0.1, -0.05) is 6.07 Å². The molecule has 0 radical (unpaired) electrons. The van der Waals surface area contributed by atoms with Crippen LogP contribution in [-0.2, 0) is 0 Å². The molecule has 21 heavy (non-hydrogen) atoms. The Morgan fingerprint density at radius 2 is 2.00 bits per heavy atom. The summed E-state index contributed by atoms with van der Waals surface area (Å²) in [6.45, 7) is 3.46. The average molecular weight is 291 g/mol. The van der Waals surface area contributed by atoms with Gasteiger partial charge in [0.05, 0.1) is 11.6 Å². The second kappa shape index (κ2) is 5.87. The fourth-order valence-corrected chi connectivity index (χ4v) is 1.90. The third kappa shape index (κ3) is 3.34. The van der Waals surface area contributed by atoms with Crippen LogP contribution in [0.4, 0.5) is 14.6 Å². The Hall–Kier alpha value is -2.50. The second-order valence-corrected chi connectivity index (χ2v) is 4.81. The van der Waals surface area contributed by atoms with Crippen molar-refractivity contribution in [3.63, 3.8) is 0 Å². The van der Waals surface area contributed by atoms with Gasteiger partial charge < -0.3 is 11.1 Å². The summed E-state index contributed by atoms with van der Waals surface area (Å²) >= 11 is 0. The van der Waals surface area contributed by atoms with Gasteiger partial charge in [-0.15, -0.1) is 0 Å². The molecule has 0 saturated heterocycles. The third-order valence-electron chi connectivity index (χ3n) is 3.09. The van der Waals surface area contributed by atoms with Crippen LogP contribution >= 0.6 is 0 Å². The van der Waals surface area contributed by atoms with Gasteiger partial charge in [-0.2, -0.15) is 0 Å². The Kier molecular flexibility index (Phi) is 4.16. The van der Waals surface area contributed by atoms with Crippen molar-refractivity contribution in [1.82, 2.24) is 10.3 Å². The summed E-state index contributed by atoms with van der Waals surface area (Å²) in [6, 6.07) is 4.62. The quantitative estimate of drug-likeness (QED) is 0.913. The van der Waals surface area contributed by atoms with Gasteiger partial charge in [0, 0.05) is 6.20 Å². The Morgan fingerprint density at radius 1 is 1.29 bits per heavy atom. The highest BCUT2D eigenvalue weighted by atomic mass is 19.2. The number of aryl methyl sites for hydroxylation is 1. The van der Waals surface area contributed by atoms with Crippen molar-refractivity contribution >= 4 is 11.7 Å². The molecule has 2 rings (SSSR count). The van der Waals surface area contributed by atoms with E-state index in [0.29, 0.717) is 5.56 Å². The normalized spacial score (nSPS) is 12.0. The summed E-state index contributed by atoms with van der Waals surface area (Å²) in [7, 11) is 0. The standard InChI is InChI=1S/C15H15F2N3O/c1-8-5-11(14(18)19-7-8)15(21)20-9(2)10-3-4-12(16)13(17)6-10/h3-7,9H,1-2H3,(H2,18,19)(H,20,21)/t9-/m0/s1. The van der Waals surface area contributed by atoms with Crippen molar-refractivity contribution in [2.24, 2.45) is 0 Å². The minimum Gasteiger partial charge on any atom is -0.383 e. The van der Waals surface area contributed by atoms with E-state index in [2.05, 4.69) is 10.3 Å². The zero-order valence-corrected chi connectivity index (χ0v) is 11.7. The zero-order chi connectivity index (χ0) is 15.6. The van der Waals surface area contributed by atoms with Crippen LogP contribution in [0.3, 0.4) is 0 Å². The van der Waals surface area contributed by atoms with Gasteiger partial charge in [-0.25, -0.2) is 13.8 Å². The highest BCUT2D eigenvalue weighted by Gasteiger charge is 2.16. The molecule has 0 fully saturated rings.